The number of rotatable bonds is 3. The van der Waals surface area contributed by atoms with Crippen molar-refractivity contribution in [1.82, 2.24) is 0 Å². The van der Waals surface area contributed by atoms with Crippen molar-refractivity contribution in [3.63, 3.8) is 0 Å². The number of benzene rings is 1. The largest absolute Gasteiger partial charge is 0.398 e. The van der Waals surface area contributed by atoms with Crippen LogP contribution in [0.15, 0.2) is 40.2 Å². The quantitative estimate of drug-likeness (QED) is 0.901. The highest BCUT2D eigenvalue weighted by Crippen LogP contribution is 2.21. The second-order valence-corrected chi connectivity index (χ2v) is 5.08. The van der Waals surface area contributed by atoms with Crippen LogP contribution in [0.4, 0.5) is 11.4 Å². The first-order chi connectivity index (χ1) is 7.25. The maximum Gasteiger partial charge on any atom is 0.0514 e. The lowest BCUT2D eigenvalue weighted by Crippen LogP contribution is -1.99. The highest BCUT2D eigenvalue weighted by atomic mass is 79.9. The Morgan fingerprint density at radius 1 is 1.20 bits per heavy atom. The minimum absolute atomic E-state index is 0.783. The van der Waals surface area contributed by atoms with Crippen LogP contribution in [0.5, 0.6) is 0 Å². The molecule has 0 atom stereocenters. The number of thiophene rings is 1. The van der Waals surface area contributed by atoms with Crippen LogP contribution in [0, 0.1) is 0 Å². The predicted molar refractivity (Wildman–Crippen MR) is 70.2 cm³/mol. The lowest BCUT2D eigenvalue weighted by atomic mass is 10.3. The Kier molecular flexibility index (Phi) is 3.28. The van der Waals surface area contributed by atoms with Gasteiger partial charge in [-0.1, -0.05) is 15.9 Å². The summed E-state index contributed by atoms with van der Waals surface area (Å²) in [6, 6.07) is 10.0. The predicted octanol–water partition coefficient (Wildman–Crippen LogP) is 3.70. The molecule has 0 unspecified atom stereocenters. The number of anilines is 2. The van der Waals surface area contributed by atoms with Gasteiger partial charge in [-0.25, -0.2) is 0 Å². The molecule has 2 nitrogen and oxygen atoms in total. The van der Waals surface area contributed by atoms with Crippen molar-refractivity contribution in [2.24, 2.45) is 0 Å². The van der Waals surface area contributed by atoms with Gasteiger partial charge in [0.2, 0.25) is 0 Å². The highest BCUT2D eigenvalue weighted by Gasteiger charge is 1.99. The fourth-order valence-electron chi connectivity index (χ4n) is 1.24. The van der Waals surface area contributed by atoms with Gasteiger partial charge in [0.15, 0.2) is 0 Å². The Morgan fingerprint density at radius 3 is 2.53 bits per heavy atom. The van der Waals surface area contributed by atoms with Crippen LogP contribution in [0.25, 0.3) is 0 Å². The van der Waals surface area contributed by atoms with Crippen LogP contribution in [-0.4, -0.2) is 0 Å². The third-order valence-corrected chi connectivity index (χ3v) is 3.54. The second-order valence-electron chi connectivity index (χ2n) is 3.16. The van der Waals surface area contributed by atoms with E-state index in [1.165, 1.54) is 4.88 Å². The van der Waals surface area contributed by atoms with Gasteiger partial charge in [0.1, 0.15) is 0 Å². The summed E-state index contributed by atoms with van der Waals surface area (Å²) in [5.74, 6) is 0. The molecular formula is C11H11BrN2S. The summed E-state index contributed by atoms with van der Waals surface area (Å²) in [7, 11) is 0. The lowest BCUT2D eigenvalue weighted by molar-refractivity contribution is 1.19. The van der Waals surface area contributed by atoms with Crippen LogP contribution in [0.1, 0.15) is 4.88 Å². The maximum atomic E-state index is 5.79. The van der Waals surface area contributed by atoms with Crippen LogP contribution in [0.3, 0.4) is 0 Å². The van der Waals surface area contributed by atoms with Crippen molar-refractivity contribution in [1.29, 1.82) is 0 Å². The van der Waals surface area contributed by atoms with E-state index in [4.69, 9.17) is 5.73 Å². The number of hydrogen-bond acceptors (Lipinski definition) is 3. The van der Waals surface area contributed by atoms with Crippen LogP contribution >= 0.6 is 27.3 Å². The Morgan fingerprint density at radius 2 is 1.93 bits per heavy atom. The molecule has 15 heavy (non-hydrogen) atoms. The van der Waals surface area contributed by atoms with E-state index in [0.717, 1.165) is 22.4 Å². The molecule has 0 fully saturated rings. The Labute approximate surface area is 101 Å². The summed E-state index contributed by atoms with van der Waals surface area (Å²) in [5, 5.41) is 5.33. The van der Waals surface area contributed by atoms with Crippen LogP contribution < -0.4 is 11.1 Å². The second kappa shape index (κ2) is 4.68. The molecule has 3 N–H and O–H groups in total. The molecule has 0 saturated carbocycles. The summed E-state index contributed by atoms with van der Waals surface area (Å²) in [6.45, 7) is 0.783. The number of nitrogens with two attached hydrogens (primary N) is 1. The lowest BCUT2D eigenvalue weighted by Gasteiger charge is -2.05. The summed E-state index contributed by atoms with van der Waals surface area (Å²) in [4.78, 5) is 1.18. The number of halogens is 1. The Bertz CT molecular complexity index is 436. The third kappa shape index (κ3) is 2.73. The van der Waals surface area contributed by atoms with E-state index < -0.39 is 0 Å². The van der Waals surface area contributed by atoms with Gasteiger partial charge in [-0.2, -0.15) is 0 Å². The van der Waals surface area contributed by atoms with Crippen molar-refractivity contribution in [2.45, 2.75) is 6.54 Å². The fraction of sp³-hybridized carbons (Fsp3) is 0.0909. The first-order valence-corrected chi connectivity index (χ1v) is 6.24. The molecule has 0 aliphatic heterocycles. The average molecular weight is 283 g/mol. The van der Waals surface area contributed by atoms with Gasteiger partial charge in [0.05, 0.1) is 6.54 Å². The van der Waals surface area contributed by atoms with Gasteiger partial charge < -0.3 is 11.1 Å². The normalized spacial score (nSPS) is 10.2. The van der Waals surface area contributed by atoms with Crippen LogP contribution in [-0.2, 0) is 6.54 Å². The number of nitrogen functional groups attached to an aromatic ring is 1. The first kappa shape index (κ1) is 10.5. The van der Waals surface area contributed by atoms with E-state index in [-0.39, 0.29) is 0 Å². The fourth-order valence-corrected chi connectivity index (χ4v) is 2.25. The maximum absolute atomic E-state index is 5.79. The third-order valence-electron chi connectivity index (χ3n) is 2.08. The van der Waals surface area contributed by atoms with Crippen molar-refractivity contribution in [2.75, 3.05) is 11.1 Å². The first-order valence-electron chi connectivity index (χ1n) is 4.57. The SMILES string of the molecule is Nc1ccsc1CNc1ccc(Br)cc1. The molecule has 0 radical (unpaired) electrons. The number of hydrogen-bond donors (Lipinski definition) is 2. The zero-order valence-electron chi connectivity index (χ0n) is 8.03. The van der Waals surface area contributed by atoms with Crippen molar-refractivity contribution in [3.05, 3.63) is 45.1 Å². The van der Waals surface area contributed by atoms with Gasteiger partial charge in [0.25, 0.3) is 0 Å². The van der Waals surface area contributed by atoms with E-state index in [9.17, 15) is 0 Å². The van der Waals surface area contributed by atoms with E-state index in [0.29, 0.717) is 0 Å². The Balaban J connectivity index is 1.99. The molecule has 1 aromatic heterocycles. The van der Waals surface area contributed by atoms with Gasteiger partial charge in [-0.15, -0.1) is 11.3 Å². The molecule has 4 heteroatoms. The minimum atomic E-state index is 0.783. The van der Waals surface area contributed by atoms with Crippen molar-refractivity contribution in [3.8, 4) is 0 Å². The smallest absolute Gasteiger partial charge is 0.0514 e. The molecule has 0 bridgehead atoms. The monoisotopic (exact) mass is 282 g/mol. The highest BCUT2D eigenvalue weighted by molar-refractivity contribution is 9.10. The molecule has 0 aliphatic carbocycles. The van der Waals surface area contributed by atoms with E-state index in [1.54, 1.807) is 11.3 Å². The van der Waals surface area contributed by atoms with E-state index in [2.05, 4.69) is 21.2 Å². The van der Waals surface area contributed by atoms with Crippen LogP contribution in [0.2, 0.25) is 0 Å². The molecule has 78 valence electrons. The topological polar surface area (TPSA) is 38.0 Å². The van der Waals surface area contributed by atoms with E-state index in [1.807, 2.05) is 35.7 Å². The molecule has 1 aromatic carbocycles. The zero-order valence-corrected chi connectivity index (χ0v) is 10.4. The standard InChI is InChI=1S/C11H11BrN2S/c12-8-1-3-9(4-2-8)14-7-11-10(13)5-6-15-11/h1-6,14H,7,13H2. The molecule has 0 aliphatic rings. The summed E-state index contributed by atoms with van der Waals surface area (Å²) >= 11 is 5.08. The summed E-state index contributed by atoms with van der Waals surface area (Å²) < 4.78 is 1.09. The van der Waals surface area contributed by atoms with Crippen molar-refractivity contribution < 1.29 is 0 Å². The van der Waals surface area contributed by atoms with E-state index >= 15 is 0 Å². The minimum Gasteiger partial charge on any atom is -0.398 e. The van der Waals surface area contributed by atoms with Crippen molar-refractivity contribution >= 4 is 38.6 Å². The molecule has 0 amide bonds. The molecule has 2 aromatic rings. The Hall–Kier alpha value is -1.00. The summed E-state index contributed by atoms with van der Waals surface area (Å²) in [6.07, 6.45) is 0. The molecule has 2 rings (SSSR count). The number of nitrogens with one attached hydrogen (secondary N) is 1. The molecule has 0 spiro atoms. The molecule has 0 saturated heterocycles. The van der Waals surface area contributed by atoms with Gasteiger partial charge >= 0.3 is 0 Å². The van der Waals surface area contributed by atoms with Gasteiger partial charge in [-0.05, 0) is 35.7 Å². The van der Waals surface area contributed by atoms with Gasteiger partial charge in [0, 0.05) is 20.7 Å². The summed E-state index contributed by atoms with van der Waals surface area (Å²) in [5.41, 5.74) is 7.76. The molecular weight excluding hydrogens is 272 g/mol. The average Bonchev–Trinajstić information content (AvgIpc) is 2.63. The zero-order chi connectivity index (χ0) is 10.7. The van der Waals surface area contributed by atoms with Gasteiger partial charge in [-0.3, -0.25) is 0 Å². The molecule has 1 heterocycles.